The number of rotatable bonds is 2. The summed E-state index contributed by atoms with van der Waals surface area (Å²) in [6.07, 6.45) is 3.76. The van der Waals surface area contributed by atoms with Crippen LogP contribution in [0.4, 0.5) is 0 Å². The van der Waals surface area contributed by atoms with Gasteiger partial charge in [0.1, 0.15) is 0 Å². The van der Waals surface area contributed by atoms with Crippen molar-refractivity contribution < 1.29 is 9.00 Å². The molecule has 102 valence electrons. The zero-order chi connectivity index (χ0) is 13.6. The van der Waals surface area contributed by atoms with Crippen molar-refractivity contribution in [2.24, 2.45) is 5.92 Å². The Balaban J connectivity index is 1.83. The molecule has 1 aromatic carbocycles. The molecule has 0 aliphatic carbocycles. The second kappa shape index (κ2) is 4.86. The zero-order valence-electron chi connectivity index (χ0n) is 11.5. The predicted molar refractivity (Wildman–Crippen MR) is 77.9 cm³/mol. The Morgan fingerprint density at radius 2 is 1.58 bits per heavy atom. The van der Waals surface area contributed by atoms with Crippen molar-refractivity contribution >= 4 is 16.6 Å². The third kappa shape index (κ3) is 2.40. The monoisotopic (exact) mass is 276 g/mol. The van der Waals surface area contributed by atoms with E-state index in [2.05, 4.69) is 6.07 Å². The van der Waals surface area contributed by atoms with Gasteiger partial charge >= 0.3 is 0 Å². The second-order valence-corrected chi connectivity index (χ2v) is 8.05. The molecule has 2 nitrogen and oxygen atoms in total. The van der Waals surface area contributed by atoms with Gasteiger partial charge in [0.2, 0.25) is 0 Å². The fraction of sp³-hybridized carbons (Fsp3) is 0.562. The Morgan fingerprint density at radius 1 is 1.05 bits per heavy atom. The van der Waals surface area contributed by atoms with Crippen molar-refractivity contribution in [3.8, 4) is 0 Å². The van der Waals surface area contributed by atoms with E-state index in [1.165, 1.54) is 0 Å². The molecule has 2 aliphatic heterocycles. The number of Topliss-reactive ketones (excluding diaryl/α,β-unsaturated/α-hetero) is 1. The van der Waals surface area contributed by atoms with Crippen molar-refractivity contribution in [3.05, 3.63) is 34.9 Å². The predicted octanol–water partition coefficient (Wildman–Crippen LogP) is 3.18. The summed E-state index contributed by atoms with van der Waals surface area (Å²) >= 11 is 0. The first-order chi connectivity index (χ1) is 9.04. The number of benzene rings is 1. The van der Waals surface area contributed by atoms with Crippen LogP contribution >= 0.6 is 0 Å². The van der Waals surface area contributed by atoms with E-state index in [4.69, 9.17) is 0 Å². The van der Waals surface area contributed by atoms with Gasteiger partial charge in [0.15, 0.2) is 5.78 Å². The largest absolute Gasteiger partial charge is 0.294 e. The summed E-state index contributed by atoms with van der Waals surface area (Å²) in [5, 5.41) is 0.553. The first-order valence-corrected chi connectivity index (χ1v) is 8.34. The number of carbonyl (C=O) groups is 1. The number of fused-ring (bicyclic) bond motifs is 2. The standard InChI is InChI=1S/C16H20O2S/c1-10-5-11(2)7-12(6-10)16(17)13-8-14-3-4-15(9-13)19(14)18/h5-7,13-15H,3-4,8-9H2,1-2H3. The highest BCUT2D eigenvalue weighted by Gasteiger charge is 2.42. The lowest BCUT2D eigenvalue weighted by Crippen LogP contribution is -2.32. The minimum absolute atomic E-state index is 0.0939. The maximum atomic E-state index is 12.6. The summed E-state index contributed by atoms with van der Waals surface area (Å²) in [5.74, 6) is 0.358. The summed E-state index contributed by atoms with van der Waals surface area (Å²) in [4.78, 5) is 12.6. The number of ketones is 1. The van der Waals surface area contributed by atoms with Crippen molar-refractivity contribution in [2.45, 2.75) is 50.0 Å². The van der Waals surface area contributed by atoms with E-state index in [1.807, 2.05) is 26.0 Å². The average Bonchev–Trinajstić information content (AvgIpc) is 2.60. The molecule has 0 spiro atoms. The Morgan fingerprint density at radius 3 is 2.11 bits per heavy atom. The van der Waals surface area contributed by atoms with Crippen molar-refractivity contribution in [1.82, 2.24) is 0 Å². The normalized spacial score (nSPS) is 33.4. The van der Waals surface area contributed by atoms with Crippen LogP contribution in [0.5, 0.6) is 0 Å². The van der Waals surface area contributed by atoms with E-state index in [9.17, 15) is 9.00 Å². The number of hydrogen-bond donors (Lipinski definition) is 0. The number of carbonyl (C=O) groups excluding carboxylic acids is 1. The fourth-order valence-corrected chi connectivity index (χ4v) is 5.72. The van der Waals surface area contributed by atoms with Gasteiger partial charge in [0, 0.05) is 32.8 Å². The van der Waals surface area contributed by atoms with E-state index in [0.717, 1.165) is 42.4 Å². The molecule has 3 heteroatoms. The van der Waals surface area contributed by atoms with Crippen LogP contribution in [0.2, 0.25) is 0 Å². The van der Waals surface area contributed by atoms with E-state index >= 15 is 0 Å². The molecule has 1 aromatic rings. The number of aryl methyl sites for hydroxylation is 2. The minimum atomic E-state index is -0.673. The van der Waals surface area contributed by atoms with Gasteiger partial charge < -0.3 is 0 Å². The topological polar surface area (TPSA) is 34.1 Å². The molecular formula is C16H20O2S. The molecule has 2 heterocycles. The Bertz CT molecular complexity index is 513. The highest BCUT2D eigenvalue weighted by Crippen LogP contribution is 2.39. The average molecular weight is 276 g/mol. The van der Waals surface area contributed by atoms with Crippen LogP contribution in [0.1, 0.15) is 47.2 Å². The molecule has 0 radical (unpaired) electrons. The van der Waals surface area contributed by atoms with Crippen LogP contribution < -0.4 is 0 Å². The van der Waals surface area contributed by atoms with Crippen LogP contribution in [0, 0.1) is 19.8 Å². The molecule has 2 bridgehead atoms. The summed E-state index contributed by atoms with van der Waals surface area (Å²) in [6, 6.07) is 6.07. The van der Waals surface area contributed by atoms with Crippen LogP contribution in [0.3, 0.4) is 0 Å². The summed E-state index contributed by atoms with van der Waals surface area (Å²) < 4.78 is 12.0. The highest BCUT2D eigenvalue weighted by atomic mass is 32.2. The molecule has 2 saturated heterocycles. The molecule has 0 saturated carbocycles. The molecule has 3 rings (SSSR count). The van der Waals surface area contributed by atoms with Crippen LogP contribution in [-0.4, -0.2) is 20.5 Å². The van der Waals surface area contributed by atoms with Crippen LogP contribution in [0.15, 0.2) is 18.2 Å². The maximum absolute atomic E-state index is 12.6. The SMILES string of the molecule is Cc1cc(C)cc(C(=O)C2CC3CCC(C2)S3=O)c1. The van der Waals surface area contributed by atoms with Crippen LogP contribution in [-0.2, 0) is 10.8 Å². The van der Waals surface area contributed by atoms with Gasteiger partial charge in [-0.05, 0) is 51.7 Å². The lowest BCUT2D eigenvalue weighted by molar-refractivity contribution is 0.0906. The van der Waals surface area contributed by atoms with Gasteiger partial charge in [-0.1, -0.05) is 17.2 Å². The van der Waals surface area contributed by atoms with Gasteiger partial charge in [-0.15, -0.1) is 0 Å². The summed E-state index contributed by atoms with van der Waals surface area (Å²) in [6.45, 7) is 4.06. The van der Waals surface area contributed by atoms with Crippen molar-refractivity contribution in [2.75, 3.05) is 0 Å². The Hall–Kier alpha value is -0.960. The van der Waals surface area contributed by atoms with Crippen LogP contribution in [0.25, 0.3) is 0 Å². The minimum Gasteiger partial charge on any atom is -0.294 e. The van der Waals surface area contributed by atoms with E-state index in [-0.39, 0.29) is 22.2 Å². The lowest BCUT2D eigenvalue weighted by atomic mass is 9.89. The first-order valence-electron chi connectivity index (χ1n) is 7.06. The first kappa shape index (κ1) is 13.0. The van der Waals surface area contributed by atoms with Gasteiger partial charge in [-0.25, -0.2) is 0 Å². The highest BCUT2D eigenvalue weighted by molar-refractivity contribution is 7.86. The van der Waals surface area contributed by atoms with Gasteiger partial charge in [-0.2, -0.15) is 0 Å². The molecule has 2 fully saturated rings. The Labute approximate surface area is 117 Å². The van der Waals surface area contributed by atoms with E-state index in [0.29, 0.717) is 0 Å². The smallest absolute Gasteiger partial charge is 0.166 e. The third-order valence-corrected chi connectivity index (χ3v) is 6.61. The zero-order valence-corrected chi connectivity index (χ0v) is 12.3. The summed E-state index contributed by atoms with van der Waals surface area (Å²) in [5.41, 5.74) is 3.13. The maximum Gasteiger partial charge on any atom is 0.166 e. The van der Waals surface area contributed by atoms with Crippen molar-refractivity contribution in [1.29, 1.82) is 0 Å². The molecule has 0 aromatic heterocycles. The lowest BCUT2D eigenvalue weighted by Gasteiger charge is -2.26. The van der Waals surface area contributed by atoms with Gasteiger partial charge in [0.05, 0.1) is 0 Å². The Kier molecular flexibility index (Phi) is 3.34. The fourth-order valence-electron chi connectivity index (χ4n) is 3.60. The van der Waals surface area contributed by atoms with E-state index in [1.54, 1.807) is 0 Å². The number of hydrogen-bond acceptors (Lipinski definition) is 2. The molecule has 2 atom stereocenters. The molecule has 0 N–H and O–H groups in total. The van der Waals surface area contributed by atoms with Gasteiger partial charge in [-0.3, -0.25) is 9.00 Å². The molecule has 2 aliphatic rings. The van der Waals surface area contributed by atoms with Gasteiger partial charge in [0.25, 0.3) is 0 Å². The molecule has 0 amide bonds. The molecule has 2 unspecified atom stereocenters. The summed E-state index contributed by atoms with van der Waals surface area (Å²) in [7, 11) is -0.673. The quantitative estimate of drug-likeness (QED) is 0.777. The molecule has 19 heavy (non-hydrogen) atoms. The molecular weight excluding hydrogens is 256 g/mol. The third-order valence-electron chi connectivity index (χ3n) is 4.44. The second-order valence-electron chi connectivity index (χ2n) is 6.06. The van der Waals surface area contributed by atoms with E-state index < -0.39 is 10.8 Å². The van der Waals surface area contributed by atoms with Crippen molar-refractivity contribution in [3.63, 3.8) is 0 Å².